The summed E-state index contributed by atoms with van der Waals surface area (Å²) in [6.07, 6.45) is -2.99. The molecule has 2 aromatic rings. The summed E-state index contributed by atoms with van der Waals surface area (Å²) in [5.74, 6) is -1.94. The zero-order valence-corrected chi connectivity index (χ0v) is 17.0. The zero-order chi connectivity index (χ0) is 21.3. The van der Waals surface area contributed by atoms with Gasteiger partial charge in [0.1, 0.15) is 5.52 Å². The first-order chi connectivity index (χ1) is 13.7. The predicted molar refractivity (Wildman–Crippen MR) is 97.0 cm³/mol. The van der Waals surface area contributed by atoms with Crippen molar-refractivity contribution in [3.63, 3.8) is 0 Å². The van der Waals surface area contributed by atoms with Crippen molar-refractivity contribution in [1.29, 1.82) is 0 Å². The molecule has 156 valence electrons. The van der Waals surface area contributed by atoms with Crippen molar-refractivity contribution in [2.45, 2.75) is 45.3 Å². The Hall–Kier alpha value is -2.50. The summed E-state index contributed by atoms with van der Waals surface area (Å²) >= 11 is 11.9. The van der Waals surface area contributed by atoms with Gasteiger partial charge in [-0.05, 0) is 11.6 Å². The number of hydrogen-bond acceptors (Lipinski definition) is 10. The van der Waals surface area contributed by atoms with E-state index in [2.05, 4.69) is 15.0 Å². The summed E-state index contributed by atoms with van der Waals surface area (Å²) in [7, 11) is 0. The number of hydrogen-bond donors (Lipinski definition) is 0. The molecule has 1 aliphatic heterocycles. The topological polar surface area (TPSA) is 132 Å². The molecule has 1 fully saturated rings. The number of carbonyl (C=O) groups excluding carboxylic acids is 3. The third-order valence-electron chi connectivity index (χ3n) is 3.95. The molecule has 13 heteroatoms. The SMILES string of the molecule is CC(=O)O[C@@H]1[C@H](OC(C)=O)[C@H](OC(C)=O)CO[C@H]1n1cnc2c(Cl)nc(Cl)nc21. The number of carbonyl (C=O) groups is 3. The third-order valence-corrected chi connectivity index (χ3v) is 4.38. The fourth-order valence-corrected chi connectivity index (χ4v) is 3.43. The van der Waals surface area contributed by atoms with Gasteiger partial charge in [-0.3, -0.25) is 19.0 Å². The highest BCUT2D eigenvalue weighted by molar-refractivity contribution is 6.35. The second kappa shape index (κ2) is 8.47. The predicted octanol–water partition coefficient (Wildman–Crippen LogP) is 1.46. The van der Waals surface area contributed by atoms with E-state index in [0.717, 1.165) is 0 Å². The summed E-state index contributed by atoms with van der Waals surface area (Å²) in [6, 6.07) is 0. The Morgan fingerprint density at radius 2 is 1.66 bits per heavy atom. The van der Waals surface area contributed by atoms with Crippen molar-refractivity contribution in [1.82, 2.24) is 19.5 Å². The van der Waals surface area contributed by atoms with E-state index in [1.54, 1.807) is 0 Å². The van der Waals surface area contributed by atoms with Crippen molar-refractivity contribution in [3.05, 3.63) is 16.8 Å². The van der Waals surface area contributed by atoms with E-state index >= 15 is 0 Å². The maximum Gasteiger partial charge on any atom is 0.303 e. The summed E-state index contributed by atoms with van der Waals surface area (Å²) < 4.78 is 23.1. The quantitative estimate of drug-likeness (QED) is 0.294. The van der Waals surface area contributed by atoms with E-state index in [4.69, 9.17) is 42.1 Å². The Balaban J connectivity index is 2.06. The van der Waals surface area contributed by atoms with Crippen LogP contribution in [0.2, 0.25) is 10.4 Å². The molecule has 0 aromatic carbocycles. The van der Waals surface area contributed by atoms with Crippen LogP contribution in [0.15, 0.2) is 6.33 Å². The summed E-state index contributed by atoms with van der Waals surface area (Å²) in [5, 5.41) is -0.105. The molecule has 0 aliphatic carbocycles. The molecule has 3 heterocycles. The Morgan fingerprint density at radius 3 is 2.28 bits per heavy atom. The average molecular weight is 447 g/mol. The standard InChI is InChI=1S/C16H16Cl2N4O7/c1-6(23)27-9-4-26-15(12(29-8(3)25)11(9)28-7(2)24)22-5-19-10-13(17)20-16(18)21-14(10)22/h5,9,11-12,15H,4H2,1-3H3/t9-,11-,12-,15-/m1/s1. The molecule has 3 rings (SSSR count). The van der Waals surface area contributed by atoms with E-state index in [0.29, 0.717) is 0 Å². The molecule has 0 spiro atoms. The third kappa shape index (κ3) is 4.57. The van der Waals surface area contributed by atoms with Crippen molar-refractivity contribution in [2.24, 2.45) is 0 Å². The number of esters is 3. The second-order valence-corrected chi connectivity index (χ2v) is 6.82. The van der Waals surface area contributed by atoms with Gasteiger partial charge in [0.05, 0.1) is 12.9 Å². The maximum atomic E-state index is 11.7. The van der Waals surface area contributed by atoms with Crippen LogP contribution in [0, 0.1) is 0 Å². The zero-order valence-electron chi connectivity index (χ0n) is 15.5. The van der Waals surface area contributed by atoms with Crippen molar-refractivity contribution >= 4 is 52.3 Å². The van der Waals surface area contributed by atoms with E-state index < -0.39 is 42.4 Å². The lowest BCUT2D eigenvalue weighted by molar-refractivity contribution is -0.239. The molecular weight excluding hydrogens is 431 g/mol. The lowest BCUT2D eigenvalue weighted by atomic mass is 10.0. The number of imidazole rings is 1. The normalized spacial score (nSPS) is 24.2. The molecule has 29 heavy (non-hydrogen) atoms. The Bertz CT molecular complexity index is 966. The molecule has 0 bridgehead atoms. The highest BCUT2D eigenvalue weighted by atomic mass is 35.5. The van der Waals surface area contributed by atoms with Gasteiger partial charge in [0, 0.05) is 20.8 Å². The smallest absolute Gasteiger partial charge is 0.303 e. The van der Waals surface area contributed by atoms with E-state index in [1.807, 2.05) is 0 Å². The molecule has 1 aliphatic rings. The number of halogens is 2. The van der Waals surface area contributed by atoms with Crippen LogP contribution < -0.4 is 0 Å². The van der Waals surface area contributed by atoms with Gasteiger partial charge in [-0.25, -0.2) is 9.97 Å². The largest absolute Gasteiger partial charge is 0.456 e. The molecule has 0 amide bonds. The lowest BCUT2D eigenvalue weighted by Crippen LogP contribution is -2.55. The minimum atomic E-state index is -1.18. The molecule has 0 saturated carbocycles. The Kier molecular flexibility index (Phi) is 6.20. The van der Waals surface area contributed by atoms with E-state index in [9.17, 15) is 14.4 Å². The molecule has 0 radical (unpaired) electrons. The van der Waals surface area contributed by atoms with Gasteiger partial charge >= 0.3 is 17.9 Å². The molecular formula is C16H16Cl2N4O7. The summed E-state index contributed by atoms with van der Waals surface area (Å²) in [6.45, 7) is 3.41. The number of ether oxygens (including phenoxy) is 4. The van der Waals surface area contributed by atoms with E-state index in [-0.39, 0.29) is 28.2 Å². The lowest BCUT2D eigenvalue weighted by Gasteiger charge is -2.40. The van der Waals surface area contributed by atoms with Gasteiger partial charge in [0.2, 0.25) is 5.28 Å². The van der Waals surface area contributed by atoms with Crippen LogP contribution in [-0.4, -0.2) is 62.3 Å². The molecule has 11 nitrogen and oxygen atoms in total. The fourth-order valence-electron chi connectivity index (χ4n) is 3.00. The van der Waals surface area contributed by atoms with Crippen LogP contribution in [0.4, 0.5) is 0 Å². The van der Waals surface area contributed by atoms with E-state index in [1.165, 1.54) is 31.7 Å². The Labute approximate surface area is 174 Å². The van der Waals surface area contributed by atoms with Gasteiger partial charge in [0.15, 0.2) is 35.3 Å². The van der Waals surface area contributed by atoms with Crippen LogP contribution in [0.25, 0.3) is 11.2 Å². The first kappa shape index (κ1) is 21.2. The molecule has 0 unspecified atom stereocenters. The monoisotopic (exact) mass is 446 g/mol. The minimum Gasteiger partial charge on any atom is -0.456 e. The Morgan fingerprint density at radius 1 is 1.03 bits per heavy atom. The number of rotatable bonds is 4. The van der Waals surface area contributed by atoms with Gasteiger partial charge in [0.25, 0.3) is 0 Å². The van der Waals surface area contributed by atoms with Crippen LogP contribution in [0.3, 0.4) is 0 Å². The van der Waals surface area contributed by atoms with Gasteiger partial charge in [-0.2, -0.15) is 4.98 Å². The minimum absolute atomic E-state index is 0.0212. The summed E-state index contributed by atoms with van der Waals surface area (Å²) in [4.78, 5) is 46.9. The van der Waals surface area contributed by atoms with Gasteiger partial charge in [-0.15, -0.1) is 0 Å². The average Bonchev–Trinajstić information content (AvgIpc) is 3.00. The van der Waals surface area contributed by atoms with Crippen LogP contribution >= 0.6 is 23.2 Å². The number of fused-ring (bicyclic) bond motifs is 1. The molecule has 4 atom stereocenters. The first-order valence-electron chi connectivity index (χ1n) is 8.36. The summed E-state index contributed by atoms with van der Waals surface area (Å²) in [5.41, 5.74) is 0.456. The molecule has 0 N–H and O–H groups in total. The van der Waals surface area contributed by atoms with Crippen molar-refractivity contribution in [3.8, 4) is 0 Å². The number of aromatic nitrogens is 4. The van der Waals surface area contributed by atoms with Crippen LogP contribution in [0.5, 0.6) is 0 Å². The van der Waals surface area contributed by atoms with Crippen molar-refractivity contribution < 1.29 is 33.3 Å². The van der Waals surface area contributed by atoms with Crippen LogP contribution in [0.1, 0.15) is 27.0 Å². The first-order valence-corrected chi connectivity index (χ1v) is 9.11. The molecule has 1 saturated heterocycles. The van der Waals surface area contributed by atoms with Gasteiger partial charge < -0.3 is 18.9 Å². The molecule has 2 aromatic heterocycles. The van der Waals surface area contributed by atoms with Crippen LogP contribution in [-0.2, 0) is 33.3 Å². The van der Waals surface area contributed by atoms with Gasteiger partial charge in [-0.1, -0.05) is 11.6 Å². The highest BCUT2D eigenvalue weighted by Crippen LogP contribution is 2.33. The highest BCUT2D eigenvalue weighted by Gasteiger charge is 2.48. The second-order valence-electron chi connectivity index (χ2n) is 6.13. The van der Waals surface area contributed by atoms with Crippen molar-refractivity contribution in [2.75, 3.05) is 6.61 Å². The fraction of sp³-hybridized carbons (Fsp3) is 0.500. The number of nitrogens with zero attached hydrogens (tertiary/aromatic N) is 4. The maximum absolute atomic E-state index is 11.7.